The molecule has 0 spiro atoms. The molecule has 0 saturated carbocycles. The molecule has 3 rings (SSSR count). The highest BCUT2D eigenvalue weighted by Gasteiger charge is 1.94. The van der Waals surface area contributed by atoms with Gasteiger partial charge < -0.3 is 109 Å². The van der Waals surface area contributed by atoms with Gasteiger partial charge in [-0.2, -0.15) is 0 Å². The minimum absolute atomic E-state index is 0. The molecular weight excluding hydrogens is 585 g/mol. The van der Waals surface area contributed by atoms with E-state index in [2.05, 4.69) is 107 Å². The summed E-state index contributed by atoms with van der Waals surface area (Å²) in [5.41, 5.74) is 30.6. The fourth-order valence-corrected chi connectivity index (χ4v) is 2.82. The summed E-state index contributed by atoms with van der Waals surface area (Å²) in [6, 6.07) is 25.2. The van der Waals surface area contributed by atoms with E-state index in [1.807, 2.05) is 0 Å². The SMILES string of the molecule is [Cl-].[Cl-].[Cl-].[Cl-].[Cl-].[Cl-].[NH3+]Cc1cccc(C[NH3+])c1.[NH3+]Cc1cccc(C[NH3+])c1.[NH3+]Cc1cccc(C[NH3+])c1. The second-order valence-electron chi connectivity index (χ2n) is 6.96. The normalized spacial score (nSPS) is 8.17. The van der Waals surface area contributed by atoms with Gasteiger partial charge in [0.15, 0.2) is 0 Å². The Morgan fingerprint density at radius 2 is 0.444 bits per heavy atom. The van der Waals surface area contributed by atoms with Crippen LogP contribution in [0.4, 0.5) is 0 Å². The maximum Gasteiger partial charge on any atom is 0.0997 e. The highest BCUT2D eigenvalue weighted by molar-refractivity contribution is 5.23. The van der Waals surface area contributed by atoms with Gasteiger partial charge in [0.2, 0.25) is 0 Å². The number of halogens is 6. The molecule has 0 fully saturated rings. The Kier molecular flexibility index (Phi) is 40.7. The molecule has 0 atom stereocenters. The van der Waals surface area contributed by atoms with Crippen molar-refractivity contribution < 1.29 is 109 Å². The third kappa shape index (κ3) is 20.2. The van der Waals surface area contributed by atoms with E-state index in [-0.39, 0.29) is 74.4 Å². The Morgan fingerprint density at radius 1 is 0.306 bits per heavy atom. The molecule has 3 aromatic carbocycles. The van der Waals surface area contributed by atoms with Gasteiger partial charge in [-0.25, -0.2) is 0 Å². The van der Waals surface area contributed by atoms with Gasteiger partial charge in [0, 0.05) is 33.4 Å². The van der Waals surface area contributed by atoms with Crippen LogP contribution in [0.1, 0.15) is 33.4 Å². The van der Waals surface area contributed by atoms with Crippen LogP contribution in [0.15, 0.2) is 72.8 Å². The minimum Gasteiger partial charge on any atom is -1.00 e. The van der Waals surface area contributed by atoms with Crippen LogP contribution in [0, 0.1) is 0 Å². The molecule has 18 N–H and O–H groups in total. The lowest BCUT2D eigenvalue weighted by atomic mass is 10.1. The quantitative estimate of drug-likeness (QED) is 0.153. The number of rotatable bonds is 6. The van der Waals surface area contributed by atoms with Gasteiger partial charge in [-0.3, -0.25) is 0 Å². The lowest BCUT2D eigenvalue weighted by Gasteiger charge is -1.95. The van der Waals surface area contributed by atoms with Crippen LogP contribution < -0.4 is 109 Å². The summed E-state index contributed by atoms with van der Waals surface area (Å²) in [5, 5.41) is 0. The minimum atomic E-state index is 0. The Balaban J connectivity index is -0.0000000865. The zero-order valence-corrected chi connectivity index (χ0v) is 25.2. The Labute approximate surface area is 253 Å². The molecule has 12 heteroatoms. The third-order valence-electron chi connectivity index (χ3n) is 4.71. The smallest absolute Gasteiger partial charge is 0.0997 e. The second kappa shape index (κ2) is 30.4. The number of hydrogen-bond acceptors (Lipinski definition) is 0. The van der Waals surface area contributed by atoms with E-state index in [1.165, 1.54) is 33.4 Å². The van der Waals surface area contributed by atoms with Crippen LogP contribution in [0.2, 0.25) is 0 Å². The first kappa shape index (κ1) is 48.3. The topological polar surface area (TPSA) is 166 Å². The van der Waals surface area contributed by atoms with E-state index < -0.39 is 0 Å². The molecule has 0 aliphatic heterocycles. The first-order valence-corrected chi connectivity index (χ1v) is 10.6. The molecule has 0 unspecified atom stereocenters. The van der Waals surface area contributed by atoms with Gasteiger partial charge in [0.05, 0.1) is 39.3 Å². The van der Waals surface area contributed by atoms with E-state index in [1.54, 1.807) is 0 Å². The van der Waals surface area contributed by atoms with Crippen molar-refractivity contribution in [3.8, 4) is 0 Å². The van der Waals surface area contributed by atoms with Crippen LogP contribution >= 0.6 is 0 Å². The molecule has 0 bridgehead atoms. The molecule has 0 saturated heterocycles. The average Bonchev–Trinajstić information content (AvgIpc) is 2.84. The van der Waals surface area contributed by atoms with E-state index in [0.717, 1.165) is 39.3 Å². The van der Waals surface area contributed by atoms with Gasteiger partial charge in [0.1, 0.15) is 0 Å². The van der Waals surface area contributed by atoms with E-state index in [9.17, 15) is 0 Å². The zero-order chi connectivity index (χ0) is 22.2. The number of quaternary nitrogens is 6. The van der Waals surface area contributed by atoms with Crippen molar-refractivity contribution in [3.63, 3.8) is 0 Å². The lowest BCUT2D eigenvalue weighted by Crippen LogP contribution is -3.00. The monoisotopic (exact) mass is 624 g/mol. The first-order valence-electron chi connectivity index (χ1n) is 10.6. The van der Waals surface area contributed by atoms with Crippen LogP contribution in [0.3, 0.4) is 0 Å². The molecular formula is C24H42Cl6N6. The maximum absolute atomic E-state index is 3.81. The summed E-state index contributed by atoms with van der Waals surface area (Å²) in [6.45, 7) is 5.21. The molecule has 0 aliphatic carbocycles. The summed E-state index contributed by atoms with van der Waals surface area (Å²) in [4.78, 5) is 0. The van der Waals surface area contributed by atoms with Crippen molar-refractivity contribution in [2.24, 2.45) is 0 Å². The Morgan fingerprint density at radius 3 is 0.556 bits per heavy atom. The molecule has 210 valence electrons. The van der Waals surface area contributed by atoms with E-state index in [4.69, 9.17) is 0 Å². The molecule has 0 radical (unpaired) electrons. The van der Waals surface area contributed by atoms with Crippen molar-refractivity contribution >= 4 is 0 Å². The summed E-state index contributed by atoms with van der Waals surface area (Å²) in [7, 11) is 0. The fraction of sp³-hybridized carbons (Fsp3) is 0.250. The van der Waals surface area contributed by atoms with Gasteiger partial charge in [-0.1, -0.05) is 54.6 Å². The van der Waals surface area contributed by atoms with Crippen molar-refractivity contribution in [2.75, 3.05) is 0 Å². The Hall–Kier alpha value is -0.840. The standard InChI is InChI=1S/3C8H12N2.6ClH/c3*9-5-7-2-1-3-8(4-7)6-10;;;;;;/h3*1-4H,5-6,9-10H2;6*1H. The van der Waals surface area contributed by atoms with Crippen molar-refractivity contribution in [1.82, 2.24) is 0 Å². The molecule has 0 aliphatic rings. The number of benzene rings is 3. The Bertz CT molecular complexity index is 703. The zero-order valence-electron chi connectivity index (χ0n) is 20.7. The van der Waals surface area contributed by atoms with Gasteiger partial charge in [-0.05, 0) is 18.2 Å². The highest BCUT2D eigenvalue weighted by atomic mass is 35.5. The van der Waals surface area contributed by atoms with Crippen LogP contribution in [0.5, 0.6) is 0 Å². The summed E-state index contributed by atoms with van der Waals surface area (Å²) >= 11 is 0. The van der Waals surface area contributed by atoms with Crippen molar-refractivity contribution in [2.45, 2.75) is 39.3 Å². The molecule has 0 amide bonds. The highest BCUT2D eigenvalue weighted by Crippen LogP contribution is 2.03. The predicted molar refractivity (Wildman–Crippen MR) is 119 cm³/mol. The largest absolute Gasteiger partial charge is 1.00 e. The molecule has 0 aromatic heterocycles. The first-order chi connectivity index (χ1) is 14.6. The third-order valence-corrected chi connectivity index (χ3v) is 4.71. The van der Waals surface area contributed by atoms with Crippen LogP contribution in [0.25, 0.3) is 0 Å². The second-order valence-corrected chi connectivity index (χ2v) is 6.96. The van der Waals surface area contributed by atoms with Gasteiger partial charge in [-0.15, -0.1) is 0 Å². The maximum atomic E-state index is 3.81. The molecule has 0 heterocycles. The van der Waals surface area contributed by atoms with Gasteiger partial charge >= 0.3 is 0 Å². The molecule has 3 aromatic rings. The summed E-state index contributed by atoms with van der Waals surface area (Å²) in [6.07, 6.45) is 0. The van der Waals surface area contributed by atoms with Gasteiger partial charge in [0.25, 0.3) is 0 Å². The molecule has 6 nitrogen and oxygen atoms in total. The van der Waals surface area contributed by atoms with Crippen LogP contribution in [-0.4, -0.2) is 0 Å². The summed E-state index contributed by atoms with van der Waals surface area (Å²) < 4.78 is 0. The lowest BCUT2D eigenvalue weighted by molar-refractivity contribution is -0.388. The van der Waals surface area contributed by atoms with E-state index >= 15 is 0 Å². The average molecular weight is 627 g/mol. The molecule has 36 heavy (non-hydrogen) atoms. The summed E-state index contributed by atoms with van der Waals surface area (Å²) in [5.74, 6) is 0. The number of hydrogen-bond donors (Lipinski definition) is 6. The van der Waals surface area contributed by atoms with Crippen molar-refractivity contribution in [3.05, 3.63) is 106 Å². The van der Waals surface area contributed by atoms with E-state index in [0.29, 0.717) is 0 Å². The predicted octanol–water partition coefficient (Wildman–Crippen LogP) is -20.5. The van der Waals surface area contributed by atoms with Crippen LogP contribution in [-0.2, 0) is 39.3 Å². The van der Waals surface area contributed by atoms with Crippen molar-refractivity contribution in [1.29, 1.82) is 0 Å². The fourth-order valence-electron chi connectivity index (χ4n) is 2.82.